The summed E-state index contributed by atoms with van der Waals surface area (Å²) in [6.45, 7) is 0. The molecule has 0 saturated heterocycles. The van der Waals surface area contributed by atoms with E-state index < -0.39 is 11.8 Å². The fraction of sp³-hybridized carbons (Fsp3) is 0.0455. The van der Waals surface area contributed by atoms with Gasteiger partial charge in [-0.2, -0.15) is 5.10 Å². The highest BCUT2D eigenvalue weighted by Gasteiger charge is 2.13. The maximum absolute atomic E-state index is 13.6. The minimum Gasteiger partial charge on any atom is -0.497 e. The normalized spacial score (nSPS) is 10.6. The SMILES string of the molecule is COc1cccc(C(=O)NN=Cc2ccc(OC(=O)c3ccccc3F)cc2)c1. The van der Waals surface area contributed by atoms with E-state index >= 15 is 0 Å². The van der Waals surface area contributed by atoms with E-state index in [1.807, 2.05) is 0 Å². The molecule has 0 fully saturated rings. The van der Waals surface area contributed by atoms with Gasteiger partial charge in [0.1, 0.15) is 17.3 Å². The van der Waals surface area contributed by atoms with Crippen LogP contribution < -0.4 is 14.9 Å². The van der Waals surface area contributed by atoms with Crippen LogP contribution in [0.5, 0.6) is 11.5 Å². The lowest BCUT2D eigenvalue weighted by atomic mass is 10.2. The summed E-state index contributed by atoms with van der Waals surface area (Å²) in [5.74, 6) is -0.975. The third-order valence-corrected chi connectivity index (χ3v) is 3.90. The van der Waals surface area contributed by atoms with Crippen molar-refractivity contribution in [2.24, 2.45) is 5.10 Å². The van der Waals surface area contributed by atoms with Crippen molar-refractivity contribution in [1.29, 1.82) is 0 Å². The Hall–Kier alpha value is -4.00. The molecule has 0 bridgehead atoms. The number of amides is 1. The largest absolute Gasteiger partial charge is 0.497 e. The second kappa shape index (κ2) is 9.27. The predicted molar refractivity (Wildman–Crippen MR) is 106 cm³/mol. The number of nitrogens with one attached hydrogen (secondary N) is 1. The van der Waals surface area contributed by atoms with Crippen LogP contribution in [0.2, 0.25) is 0 Å². The Morgan fingerprint density at radius 3 is 2.45 bits per heavy atom. The number of hydrogen-bond donors (Lipinski definition) is 1. The predicted octanol–water partition coefficient (Wildman–Crippen LogP) is 3.82. The molecule has 0 atom stereocenters. The molecule has 1 N–H and O–H groups in total. The molecule has 3 aromatic rings. The van der Waals surface area contributed by atoms with Gasteiger partial charge in [-0.3, -0.25) is 4.79 Å². The zero-order chi connectivity index (χ0) is 20.6. The van der Waals surface area contributed by atoms with Crippen molar-refractivity contribution in [2.75, 3.05) is 7.11 Å². The molecule has 0 radical (unpaired) electrons. The van der Waals surface area contributed by atoms with Gasteiger partial charge in [0, 0.05) is 5.56 Å². The number of carbonyl (C=O) groups excluding carboxylic acids is 2. The summed E-state index contributed by atoms with van der Waals surface area (Å²) in [6, 6.07) is 18.7. The molecule has 0 aliphatic carbocycles. The van der Waals surface area contributed by atoms with Gasteiger partial charge in [0.25, 0.3) is 5.91 Å². The van der Waals surface area contributed by atoms with Crippen molar-refractivity contribution < 1.29 is 23.5 Å². The summed E-state index contributed by atoms with van der Waals surface area (Å²) >= 11 is 0. The Morgan fingerprint density at radius 1 is 0.966 bits per heavy atom. The number of esters is 1. The highest BCUT2D eigenvalue weighted by Crippen LogP contribution is 2.15. The van der Waals surface area contributed by atoms with Crippen molar-refractivity contribution in [3.05, 3.63) is 95.3 Å². The molecule has 0 heterocycles. The summed E-state index contributed by atoms with van der Waals surface area (Å²) in [4.78, 5) is 24.1. The Bertz CT molecular complexity index is 1050. The Labute approximate surface area is 166 Å². The van der Waals surface area contributed by atoms with Crippen LogP contribution in [0, 0.1) is 5.82 Å². The van der Waals surface area contributed by atoms with Crippen LogP contribution >= 0.6 is 0 Å². The highest BCUT2D eigenvalue weighted by molar-refractivity contribution is 5.95. The molecule has 29 heavy (non-hydrogen) atoms. The molecule has 0 unspecified atom stereocenters. The molecule has 0 aliphatic rings. The van der Waals surface area contributed by atoms with Gasteiger partial charge in [-0.1, -0.05) is 18.2 Å². The molecule has 0 aliphatic heterocycles. The Balaban J connectivity index is 1.58. The number of hydrazone groups is 1. The Kier molecular flexibility index (Phi) is 6.32. The lowest BCUT2D eigenvalue weighted by molar-refractivity contribution is 0.0729. The first kappa shape index (κ1) is 19.8. The first-order valence-corrected chi connectivity index (χ1v) is 8.61. The van der Waals surface area contributed by atoms with Gasteiger partial charge in [-0.25, -0.2) is 14.6 Å². The molecule has 1 amide bonds. The number of ether oxygens (including phenoxy) is 2. The first-order chi connectivity index (χ1) is 14.1. The lowest BCUT2D eigenvalue weighted by Crippen LogP contribution is -2.17. The van der Waals surface area contributed by atoms with Crippen molar-refractivity contribution in [3.8, 4) is 11.5 Å². The molecule has 6 nitrogen and oxygen atoms in total. The maximum atomic E-state index is 13.6. The van der Waals surface area contributed by atoms with E-state index in [-0.39, 0.29) is 17.2 Å². The van der Waals surface area contributed by atoms with Gasteiger partial charge in [0.2, 0.25) is 0 Å². The molecule has 3 aromatic carbocycles. The van der Waals surface area contributed by atoms with Crippen molar-refractivity contribution >= 4 is 18.1 Å². The summed E-state index contributed by atoms with van der Waals surface area (Å²) in [6.07, 6.45) is 1.44. The first-order valence-electron chi connectivity index (χ1n) is 8.61. The van der Waals surface area contributed by atoms with E-state index in [4.69, 9.17) is 9.47 Å². The van der Waals surface area contributed by atoms with Gasteiger partial charge >= 0.3 is 5.97 Å². The maximum Gasteiger partial charge on any atom is 0.346 e. The van der Waals surface area contributed by atoms with Crippen LogP contribution in [0.3, 0.4) is 0 Å². The second-order valence-electron chi connectivity index (χ2n) is 5.87. The fourth-order valence-electron chi connectivity index (χ4n) is 2.40. The smallest absolute Gasteiger partial charge is 0.346 e. The molecule has 0 spiro atoms. The zero-order valence-corrected chi connectivity index (χ0v) is 15.5. The number of rotatable bonds is 6. The van der Waals surface area contributed by atoms with Crippen molar-refractivity contribution in [3.63, 3.8) is 0 Å². The molecule has 146 valence electrons. The van der Waals surface area contributed by atoms with Crippen molar-refractivity contribution in [1.82, 2.24) is 5.43 Å². The average Bonchev–Trinajstić information content (AvgIpc) is 2.75. The van der Waals surface area contributed by atoms with Crippen LogP contribution in [0.25, 0.3) is 0 Å². The van der Waals surface area contributed by atoms with Crippen LogP contribution in [-0.2, 0) is 0 Å². The fourth-order valence-corrected chi connectivity index (χ4v) is 2.40. The van der Waals surface area contributed by atoms with E-state index in [1.54, 1.807) is 54.6 Å². The number of halogens is 1. The number of hydrogen-bond acceptors (Lipinski definition) is 5. The van der Waals surface area contributed by atoms with E-state index in [1.165, 1.54) is 31.5 Å². The summed E-state index contributed by atoms with van der Waals surface area (Å²) in [7, 11) is 1.52. The number of benzene rings is 3. The van der Waals surface area contributed by atoms with E-state index in [9.17, 15) is 14.0 Å². The van der Waals surface area contributed by atoms with Gasteiger partial charge < -0.3 is 9.47 Å². The summed E-state index contributed by atoms with van der Waals surface area (Å²) in [5, 5.41) is 3.90. The number of carbonyl (C=O) groups is 2. The number of nitrogens with zero attached hydrogens (tertiary/aromatic N) is 1. The van der Waals surface area contributed by atoms with E-state index in [0.717, 1.165) is 0 Å². The summed E-state index contributed by atoms with van der Waals surface area (Å²) < 4.78 is 23.8. The van der Waals surface area contributed by atoms with Gasteiger partial charge in [0.15, 0.2) is 0 Å². The minimum atomic E-state index is -0.782. The molecule has 0 aromatic heterocycles. The van der Waals surface area contributed by atoms with E-state index in [0.29, 0.717) is 16.9 Å². The second-order valence-corrected chi connectivity index (χ2v) is 5.87. The highest BCUT2D eigenvalue weighted by atomic mass is 19.1. The monoisotopic (exact) mass is 392 g/mol. The molecule has 7 heteroatoms. The zero-order valence-electron chi connectivity index (χ0n) is 15.5. The van der Waals surface area contributed by atoms with Gasteiger partial charge in [-0.15, -0.1) is 0 Å². The standard InChI is InChI=1S/C22H17FN2O4/c1-28-18-6-4-5-16(13-18)21(26)25-24-14-15-9-11-17(12-10-15)29-22(27)19-7-2-3-8-20(19)23/h2-14H,1H3,(H,25,26). The van der Waals surface area contributed by atoms with Crippen molar-refractivity contribution in [2.45, 2.75) is 0 Å². The van der Waals surface area contributed by atoms with Crippen LogP contribution in [0.1, 0.15) is 26.3 Å². The third-order valence-electron chi connectivity index (χ3n) is 3.90. The molecule has 0 saturated carbocycles. The van der Waals surface area contributed by atoms with Gasteiger partial charge in [0.05, 0.1) is 18.9 Å². The van der Waals surface area contributed by atoms with Crippen LogP contribution in [-0.4, -0.2) is 25.2 Å². The molecular formula is C22H17FN2O4. The topological polar surface area (TPSA) is 77.0 Å². The Morgan fingerprint density at radius 2 is 1.72 bits per heavy atom. The minimum absolute atomic E-state index is 0.140. The third kappa shape index (κ3) is 5.26. The summed E-state index contributed by atoms with van der Waals surface area (Å²) in [5.41, 5.74) is 3.36. The lowest BCUT2D eigenvalue weighted by Gasteiger charge is -2.05. The number of methoxy groups -OCH3 is 1. The van der Waals surface area contributed by atoms with Crippen LogP contribution in [0.4, 0.5) is 4.39 Å². The quantitative estimate of drug-likeness (QED) is 0.299. The molecule has 3 rings (SSSR count). The van der Waals surface area contributed by atoms with E-state index in [2.05, 4.69) is 10.5 Å². The van der Waals surface area contributed by atoms with Gasteiger partial charge in [-0.05, 0) is 60.2 Å². The van der Waals surface area contributed by atoms with Crippen LogP contribution in [0.15, 0.2) is 77.9 Å². The average molecular weight is 392 g/mol. The molecular weight excluding hydrogens is 375 g/mol.